The lowest BCUT2D eigenvalue weighted by Crippen LogP contribution is -1.82. The first-order chi connectivity index (χ1) is 4.34. The second-order valence-electron chi connectivity index (χ2n) is 1.55. The van der Waals surface area contributed by atoms with Crippen LogP contribution < -0.4 is 4.74 Å². The average molecular weight is 143 g/mol. The molecule has 4 heteroatoms. The van der Waals surface area contributed by atoms with Crippen LogP contribution in [-0.2, 0) is 0 Å². The van der Waals surface area contributed by atoms with Gasteiger partial charge >= 0.3 is 0 Å². The molecule has 0 aliphatic rings. The predicted molar refractivity (Wildman–Crippen MR) is 36.1 cm³/mol. The monoisotopic (exact) mass is 143 g/mol. The fraction of sp³-hybridized carbons (Fsp3) is 0.167. The van der Waals surface area contributed by atoms with E-state index in [1.807, 2.05) is 0 Å². The van der Waals surface area contributed by atoms with Crippen molar-refractivity contribution in [2.24, 2.45) is 0 Å². The summed E-state index contributed by atoms with van der Waals surface area (Å²) in [6.45, 7) is 0. The third-order valence-electron chi connectivity index (χ3n) is 0.981. The lowest BCUT2D eigenvalue weighted by atomic mass is 10.4. The molecule has 1 aromatic heterocycles. The Morgan fingerprint density at radius 1 is 1.60 bits per heavy atom. The highest BCUT2D eigenvalue weighted by molar-refractivity contribution is 5.34. The fourth-order valence-corrected chi connectivity index (χ4v) is 0.546. The van der Waals surface area contributed by atoms with Gasteiger partial charge in [0.25, 0.3) is 0 Å². The molecule has 0 aliphatic heterocycles. The number of aromatic nitrogens is 1. The van der Waals surface area contributed by atoms with Crippen molar-refractivity contribution in [2.75, 3.05) is 7.11 Å². The molecule has 4 nitrogen and oxygen atoms in total. The van der Waals surface area contributed by atoms with E-state index in [1.165, 1.54) is 13.3 Å². The maximum Gasteiger partial charge on any atom is 0.176 e. The van der Waals surface area contributed by atoms with Gasteiger partial charge in [-0.3, -0.25) is 4.98 Å². The van der Waals surface area contributed by atoms with Gasteiger partial charge in [0.05, 0.1) is 13.3 Å². The number of rotatable bonds is 1. The van der Waals surface area contributed by atoms with Crippen LogP contribution in [0.1, 0.15) is 0 Å². The molecule has 3 N–H and O–H groups in total. The summed E-state index contributed by atoms with van der Waals surface area (Å²) in [5.74, 6) is 0.519. The maximum atomic E-state index is 8.92. The molecule has 0 saturated heterocycles. The second kappa shape index (κ2) is 3.68. The summed E-state index contributed by atoms with van der Waals surface area (Å²) in [7, 11) is 1.50. The Balaban J connectivity index is 0.000000810. The summed E-state index contributed by atoms with van der Waals surface area (Å²) >= 11 is 0. The highest BCUT2D eigenvalue weighted by Gasteiger charge is 1.95. The van der Waals surface area contributed by atoms with E-state index >= 15 is 0 Å². The molecule has 0 atom stereocenters. The highest BCUT2D eigenvalue weighted by atomic mass is 16.5. The first-order valence-corrected chi connectivity index (χ1v) is 2.51. The zero-order chi connectivity index (χ0) is 6.69. The Hall–Kier alpha value is -1.29. The number of hydrogen-bond acceptors (Lipinski definition) is 3. The fourth-order valence-electron chi connectivity index (χ4n) is 0.546. The summed E-state index contributed by atoms with van der Waals surface area (Å²) < 4.78 is 4.75. The Morgan fingerprint density at radius 2 is 2.30 bits per heavy atom. The van der Waals surface area contributed by atoms with Crippen molar-refractivity contribution >= 4 is 0 Å². The second-order valence-corrected chi connectivity index (χ2v) is 1.55. The van der Waals surface area contributed by atoms with Crippen LogP contribution in [0.5, 0.6) is 11.5 Å². The number of hydrogen-bond donors (Lipinski definition) is 1. The largest absolute Gasteiger partial charge is 0.503 e. The first kappa shape index (κ1) is 8.71. The van der Waals surface area contributed by atoms with Crippen LogP contribution in [0, 0.1) is 0 Å². The van der Waals surface area contributed by atoms with E-state index in [9.17, 15) is 0 Å². The van der Waals surface area contributed by atoms with Crippen LogP contribution in [0.2, 0.25) is 0 Å². The minimum Gasteiger partial charge on any atom is -0.503 e. The van der Waals surface area contributed by atoms with Gasteiger partial charge in [0, 0.05) is 12.3 Å². The van der Waals surface area contributed by atoms with E-state index in [1.54, 1.807) is 12.3 Å². The lowest BCUT2D eigenvalue weighted by molar-refractivity contribution is 0.372. The Labute approximate surface area is 58.4 Å². The summed E-state index contributed by atoms with van der Waals surface area (Å²) in [6, 6.07) is 1.59. The topological polar surface area (TPSA) is 73.8 Å². The Morgan fingerprint density at radius 3 is 2.70 bits per heavy atom. The van der Waals surface area contributed by atoms with Crippen LogP contribution in [-0.4, -0.2) is 22.7 Å². The van der Waals surface area contributed by atoms with Crippen molar-refractivity contribution in [3.8, 4) is 11.5 Å². The molecule has 0 radical (unpaired) electrons. The maximum absolute atomic E-state index is 8.92. The SMILES string of the molecule is COc1ccncc1O.O. The van der Waals surface area contributed by atoms with Crippen LogP contribution in [0.3, 0.4) is 0 Å². The smallest absolute Gasteiger partial charge is 0.176 e. The summed E-state index contributed by atoms with van der Waals surface area (Å²) in [6.07, 6.45) is 2.89. The molecule has 1 heterocycles. The molecule has 0 fully saturated rings. The van der Waals surface area contributed by atoms with Gasteiger partial charge in [0.1, 0.15) is 0 Å². The third-order valence-corrected chi connectivity index (χ3v) is 0.981. The molecule has 0 aromatic carbocycles. The summed E-state index contributed by atoms with van der Waals surface area (Å²) in [4.78, 5) is 3.66. The normalized spacial score (nSPS) is 8.10. The van der Waals surface area contributed by atoms with Crippen molar-refractivity contribution in [1.82, 2.24) is 4.98 Å². The van der Waals surface area contributed by atoms with Gasteiger partial charge in [-0.1, -0.05) is 0 Å². The van der Waals surface area contributed by atoms with Crippen molar-refractivity contribution in [2.45, 2.75) is 0 Å². The average Bonchev–Trinajstić information content (AvgIpc) is 1.89. The van der Waals surface area contributed by atoms with Crippen LogP contribution in [0.4, 0.5) is 0 Å². The lowest BCUT2D eigenvalue weighted by Gasteiger charge is -1.98. The molecule has 0 amide bonds. The molecule has 10 heavy (non-hydrogen) atoms. The molecule has 56 valence electrons. The predicted octanol–water partition coefficient (Wildman–Crippen LogP) is -0.0289. The first-order valence-electron chi connectivity index (χ1n) is 2.51. The molecular weight excluding hydrogens is 134 g/mol. The Kier molecular flexibility index (Phi) is 3.21. The number of aromatic hydroxyl groups is 1. The minimum absolute atomic E-state index is 0. The van der Waals surface area contributed by atoms with Crippen molar-refractivity contribution in [3.63, 3.8) is 0 Å². The van der Waals surface area contributed by atoms with E-state index in [-0.39, 0.29) is 11.2 Å². The molecule has 1 aromatic rings. The molecule has 1 rings (SSSR count). The molecule has 0 bridgehead atoms. The van der Waals surface area contributed by atoms with E-state index in [2.05, 4.69) is 4.98 Å². The summed E-state index contributed by atoms with van der Waals surface area (Å²) in [5.41, 5.74) is 0. The Bertz CT molecular complexity index is 202. The minimum atomic E-state index is 0. The molecule has 0 spiro atoms. The van der Waals surface area contributed by atoms with Crippen LogP contribution in [0.15, 0.2) is 18.5 Å². The third kappa shape index (κ3) is 1.60. The number of methoxy groups -OCH3 is 1. The van der Waals surface area contributed by atoms with Gasteiger partial charge in [-0.2, -0.15) is 0 Å². The molecule has 0 unspecified atom stereocenters. The van der Waals surface area contributed by atoms with Crippen LogP contribution in [0.25, 0.3) is 0 Å². The van der Waals surface area contributed by atoms with Crippen LogP contribution >= 0.6 is 0 Å². The van der Waals surface area contributed by atoms with Gasteiger partial charge in [-0.05, 0) is 0 Å². The number of ether oxygens (including phenoxy) is 1. The van der Waals surface area contributed by atoms with Gasteiger partial charge < -0.3 is 15.3 Å². The zero-order valence-electron chi connectivity index (χ0n) is 5.53. The van der Waals surface area contributed by atoms with Gasteiger partial charge in [0.2, 0.25) is 0 Å². The zero-order valence-corrected chi connectivity index (χ0v) is 5.53. The van der Waals surface area contributed by atoms with E-state index in [0.29, 0.717) is 5.75 Å². The van der Waals surface area contributed by atoms with Gasteiger partial charge in [-0.15, -0.1) is 0 Å². The quantitative estimate of drug-likeness (QED) is 0.599. The van der Waals surface area contributed by atoms with Crippen molar-refractivity contribution < 1.29 is 15.3 Å². The molecule has 0 aliphatic carbocycles. The van der Waals surface area contributed by atoms with Gasteiger partial charge in [-0.25, -0.2) is 0 Å². The number of pyridine rings is 1. The van der Waals surface area contributed by atoms with E-state index in [4.69, 9.17) is 9.84 Å². The van der Waals surface area contributed by atoms with Crippen molar-refractivity contribution in [1.29, 1.82) is 0 Å². The van der Waals surface area contributed by atoms with Crippen molar-refractivity contribution in [3.05, 3.63) is 18.5 Å². The molecule has 0 saturated carbocycles. The van der Waals surface area contributed by atoms with E-state index in [0.717, 1.165) is 0 Å². The van der Waals surface area contributed by atoms with E-state index < -0.39 is 0 Å². The summed E-state index contributed by atoms with van der Waals surface area (Å²) in [5, 5.41) is 8.92. The molecular formula is C6H9NO3. The highest BCUT2D eigenvalue weighted by Crippen LogP contribution is 2.21. The number of nitrogens with zero attached hydrogens (tertiary/aromatic N) is 1. The van der Waals surface area contributed by atoms with Gasteiger partial charge in [0.15, 0.2) is 11.5 Å². The standard InChI is InChI=1S/C6H7NO2.H2O/c1-9-6-2-3-7-4-5(6)8;/h2-4,8H,1H3;1H2.